The van der Waals surface area contributed by atoms with Crippen LogP contribution in [0.25, 0.3) is 0 Å². The molecule has 0 aromatic heterocycles. The number of aliphatic hydroxyl groups excluding tert-OH is 1. The fourth-order valence-electron chi connectivity index (χ4n) is 1.28. The number of carbonyl (C=O) groups is 1. The van der Waals surface area contributed by atoms with Crippen molar-refractivity contribution in [2.75, 3.05) is 6.61 Å². The van der Waals surface area contributed by atoms with E-state index in [1.807, 2.05) is 6.92 Å². The number of carbonyl (C=O) groups excluding carboxylic acids is 1. The number of hydrogen-bond acceptors (Lipinski definition) is 3. The van der Waals surface area contributed by atoms with E-state index < -0.39 is 0 Å². The molecule has 1 aromatic carbocycles. The lowest BCUT2D eigenvalue weighted by molar-refractivity contribution is 0.0913. The third kappa shape index (κ3) is 3.61. The molecule has 0 saturated carbocycles. The highest BCUT2D eigenvalue weighted by molar-refractivity contribution is 6.30. The number of halogens is 1. The van der Waals surface area contributed by atoms with Crippen molar-refractivity contribution in [3.8, 4) is 5.75 Å². The average molecular weight is 258 g/mol. The summed E-state index contributed by atoms with van der Waals surface area (Å²) in [4.78, 5) is 11.8. The minimum absolute atomic E-state index is 0.00591. The summed E-state index contributed by atoms with van der Waals surface area (Å²) in [5.41, 5.74) is 0.173. The van der Waals surface area contributed by atoms with E-state index in [2.05, 4.69) is 5.32 Å². The van der Waals surface area contributed by atoms with Crippen LogP contribution in [0.5, 0.6) is 5.75 Å². The lowest BCUT2D eigenvalue weighted by Gasteiger charge is -2.19. The lowest BCUT2D eigenvalue weighted by atomic mass is 10.0. The molecule has 5 heteroatoms. The number of phenolic OH excluding ortho intramolecular Hbond substituents is 1. The van der Waals surface area contributed by atoms with Crippen molar-refractivity contribution < 1.29 is 15.0 Å². The summed E-state index contributed by atoms with van der Waals surface area (Å²) in [6.07, 6.45) is 0. The van der Waals surface area contributed by atoms with Gasteiger partial charge in [0.1, 0.15) is 5.75 Å². The molecule has 1 rings (SSSR count). The predicted octanol–water partition coefficient (Wildman–Crippen LogP) is 1.79. The summed E-state index contributed by atoms with van der Waals surface area (Å²) in [6.45, 7) is 3.62. The highest BCUT2D eigenvalue weighted by atomic mass is 35.5. The van der Waals surface area contributed by atoms with Crippen molar-refractivity contribution in [2.24, 2.45) is 5.92 Å². The quantitative estimate of drug-likeness (QED) is 0.770. The van der Waals surface area contributed by atoms with E-state index in [-0.39, 0.29) is 35.8 Å². The minimum atomic E-state index is -0.382. The van der Waals surface area contributed by atoms with Gasteiger partial charge in [0.05, 0.1) is 5.56 Å². The van der Waals surface area contributed by atoms with Crippen molar-refractivity contribution in [1.29, 1.82) is 0 Å². The van der Waals surface area contributed by atoms with Gasteiger partial charge < -0.3 is 15.5 Å². The van der Waals surface area contributed by atoms with Gasteiger partial charge in [-0.25, -0.2) is 0 Å². The Hall–Kier alpha value is -1.26. The fraction of sp³-hybridized carbons (Fsp3) is 0.417. The van der Waals surface area contributed by atoms with Gasteiger partial charge in [-0.1, -0.05) is 18.5 Å². The van der Waals surface area contributed by atoms with E-state index >= 15 is 0 Å². The molecule has 94 valence electrons. The van der Waals surface area contributed by atoms with Crippen LogP contribution < -0.4 is 5.32 Å². The summed E-state index contributed by atoms with van der Waals surface area (Å²) in [5, 5.41) is 21.6. The van der Waals surface area contributed by atoms with E-state index in [1.54, 1.807) is 6.92 Å². The second-order valence-corrected chi connectivity index (χ2v) is 4.52. The van der Waals surface area contributed by atoms with Crippen LogP contribution >= 0.6 is 11.6 Å². The van der Waals surface area contributed by atoms with E-state index in [9.17, 15) is 9.90 Å². The Kier molecular flexibility index (Phi) is 4.78. The number of hydrogen-bond donors (Lipinski definition) is 3. The molecule has 2 atom stereocenters. The molecule has 0 aliphatic rings. The molecule has 1 aromatic rings. The number of benzene rings is 1. The van der Waals surface area contributed by atoms with Crippen LogP contribution in [0.3, 0.4) is 0 Å². The molecule has 0 unspecified atom stereocenters. The molecule has 0 radical (unpaired) electrons. The number of amides is 1. The SMILES string of the molecule is C[C@H](CO)[C@H](C)NC(=O)c1ccc(Cl)cc1O. The lowest BCUT2D eigenvalue weighted by Crippen LogP contribution is -2.38. The second kappa shape index (κ2) is 5.89. The summed E-state index contributed by atoms with van der Waals surface area (Å²) in [7, 11) is 0. The van der Waals surface area contributed by atoms with E-state index in [4.69, 9.17) is 16.7 Å². The van der Waals surface area contributed by atoms with Gasteiger partial charge in [-0.15, -0.1) is 0 Å². The van der Waals surface area contributed by atoms with E-state index in [0.29, 0.717) is 5.02 Å². The number of phenols is 1. The van der Waals surface area contributed by atoms with Crippen molar-refractivity contribution in [3.63, 3.8) is 0 Å². The Balaban J connectivity index is 2.76. The van der Waals surface area contributed by atoms with Crippen LogP contribution in [0.2, 0.25) is 5.02 Å². The Morgan fingerprint density at radius 1 is 1.47 bits per heavy atom. The highest BCUT2D eigenvalue weighted by Gasteiger charge is 2.17. The predicted molar refractivity (Wildman–Crippen MR) is 66.3 cm³/mol. The number of aliphatic hydroxyl groups is 1. The van der Waals surface area contributed by atoms with Crippen LogP contribution in [0.1, 0.15) is 24.2 Å². The Labute approximate surface area is 105 Å². The van der Waals surface area contributed by atoms with Crippen molar-refractivity contribution in [2.45, 2.75) is 19.9 Å². The molecule has 0 saturated heterocycles. The monoisotopic (exact) mass is 257 g/mol. The topological polar surface area (TPSA) is 69.6 Å². The molecule has 0 bridgehead atoms. The summed E-state index contributed by atoms with van der Waals surface area (Å²) >= 11 is 5.68. The van der Waals surface area contributed by atoms with Crippen LogP contribution in [-0.4, -0.2) is 28.8 Å². The van der Waals surface area contributed by atoms with Crippen LogP contribution in [-0.2, 0) is 0 Å². The van der Waals surface area contributed by atoms with Gasteiger partial charge >= 0.3 is 0 Å². The average Bonchev–Trinajstić information content (AvgIpc) is 2.27. The fourth-order valence-corrected chi connectivity index (χ4v) is 1.45. The first kappa shape index (κ1) is 13.8. The van der Waals surface area contributed by atoms with E-state index in [0.717, 1.165) is 0 Å². The Bertz CT molecular complexity index is 409. The van der Waals surface area contributed by atoms with Crippen molar-refractivity contribution in [3.05, 3.63) is 28.8 Å². The standard InChI is InChI=1S/C12H16ClNO3/c1-7(6-15)8(2)14-12(17)10-4-3-9(13)5-11(10)16/h3-5,7-8,15-16H,6H2,1-2H3,(H,14,17)/t7-,8+/m1/s1. The molecule has 0 spiro atoms. The molecular weight excluding hydrogens is 242 g/mol. The van der Waals surface area contributed by atoms with Gasteiger partial charge in [-0.05, 0) is 31.0 Å². The molecular formula is C12H16ClNO3. The molecule has 0 aliphatic heterocycles. The normalized spacial score (nSPS) is 14.1. The van der Waals surface area contributed by atoms with Gasteiger partial charge in [0.25, 0.3) is 5.91 Å². The third-order valence-corrected chi connectivity index (χ3v) is 2.94. The zero-order valence-corrected chi connectivity index (χ0v) is 10.5. The van der Waals surface area contributed by atoms with Crippen LogP contribution in [0.15, 0.2) is 18.2 Å². The van der Waals surface area contributed by atoms with Gasteiger partial charge in [0, 0.05) is 17.7 Å². The van der Waals surface area contributed by atoms with Crippen molar-refractivity contribution >= 4 is 17.5 Å². The first-order valence-corrected chi connectivity index (χ1v) is 5.73. The Morgan fingerprint density at radius 3 is 2.65 bits per heavy atom. The maximum absolute atomic E-state index is 11.8. The zero-order valence-electron chi connectivity index (χ0n) is 9.77. The molecule has 0 heterocycles. The smallest absolute Gasteiger partial charge is 0.255 e. The van der Waals surface area contributed by atoms with Gasteiger partial charge in [0.15, 0.2) is 0 Å². The first-order valence-electron chi connectivity index (χ1n) is 5.36. The Morgan fingerprint density at radius 2 is 2.12 bits per heavy atom. The second-order valence-electron chi connectivity index (χ2n) is 4.08. The third-order valence-electron chi connectivity index (χ3n) is 2.70. The molecule has 0 fully saturated rings. The number of aromatic hydroxyl groups is 1. The largest absolute Gasteiger partial charge is 0.507 e. The summed E-state index contributed by atoms with van der Waals surface area (Å²) in [5.74, 6) is -0.584. The summed E-state index contributed by atoms with van der Waals surface area (Å²) < 4.78 is 0. The molecule has 0 aliphatic carbocycles. The van der Waals surface area contributed by atoms with Crippen molar-refractivity contribution in [1.82, 2.24) is 5.32 Å². The highest BCUT2D eigenvalue weighted by Crippen LogP contribution is 2.21. The van der Waals surface area contributed by atoms with Crippen LogP contribution in [0, 0.1) is 5.92 Å². The maximum atomic E-state index is 11.8. The summed E-state index contributed by atoms with van der Waals surface area (Å²) in [6, 6.07) is 4.14. The number of rotatable bonds is 4. The number of nitrogens with one attached hydrogen (secondary N) is 1. The molecule has 1 amide bonds. The molecule has 3 N–H and O–H groups in total. The van der Waals surface area contributed by atoms with Gasteiger partial charge in [-0.2, -0.15) is 0 Å². The van der Waals surface area contributed by atoms with Gasteiger partial charge in [0.2, 0.25) is 0 Å². The van der Waals surface area contributed by atoms with Crippen LogP contribution in [0.4, 0.5) is 0 Å². The zero-order chi connectivity index (χ0) is 13.0. The maximum Gasteiger partial charge on any atom is 0.255 e. The minimum Gasteiger partial charge on any atom is -0.507 e. The van der Waals surface area contributed by atoms with E-state index in [1.165, 1.54) is 18.2 Å². The molecule has 4 nitrogen and oxygen atoms in total. The molecule has 17 heavy (non-hydrogen) atoms. The van der Waals surface area contributed by atoms with Gasteiger partial charge in [-0.3, -0.25) is 4.79 Å². The first-order chi connectivity index (χ1) is 7.95.